The van der Waals surface area contributed by atoms with Gasteiger partial charge in [-0.3, -0.25) is 0 Å². The predicted octanol–water partition coefficient (Wildman–Crippen LogP) is 11.1. The molecule has 3 aromatic heterocycles. The molecule has 0 bridgehead atoms. The molecule has 0 aliphatic heterocycles. The molecule has 3 heterocycles. The Kier molecular flexibility index (Phi) is 5.40. The second kappa shape index (κ2) is 9.80. The van der Waals surface area contributed by atoms with Gasteiger partial charge in [-0.1, -0.05) is 84.9 Å². The average Bonchev–Trinajstić information content (AvgIpc) is 3.71. The van der Waals surface area contributed by atoms with E-state index >= 15 is 0 Å². The molecule has 0 spiro atoms. The molecule has 7 aromatic carbocycles. The van der Waals surface area contributed by atoms with Gasteiger partial charge >= 0.3 is 0 Å². The Bertz CT molecular complexity index is 2700. The Morgan fingerprint density at radius 2 is 0.851 bits per heavy atom. The van der Waals surface area contributed by atoms with E-state index in [0.29, 0.717) is 23.0 Å². The Hall–Kier alpha value is -6.40. The van der Waals surface area contributed by atoms with Crippen molar-refractivity contribution >= 4 is 65.4 Å². The molecule has 0 N–H and O–H groups in total. The number of hydrogen-bond donors (Lipinski definition) is 0. The SMILES string of the molecule is Fc1ccc(-c2nc(-c3cc4ccccc4c4oc5ccccc5c34)nc(-c3cc4ccccc4c4oc5ccccc5c34)n2)cc1. The minimum absolute atomic E-state index is 0.328. The molecule has 47 heavy (non-hydrogen) atoms. The molecule has 0 aliphatic carbocycles. The van der Waals surface area contributed by atoms with Gasteiger partial charge in [-0.2, -0.15) is 0 Å². The highest BCUT2D eigenvalue weighted by atomic mass is 19.1. The molecule has 10 aromatic rings. The first-order chi connectivity index (χ1) is 23.2. The highest BCUT2D eigenvalue weighted by Gasteiger charge is 2.23. The summed E-state index contributed by atoms with van der Waals surface area (Å²) in [6.45, 7) is 0. The van der Waals surface area contributed by atoms with Gasteiger partial charge in [0.15, 0.2) is 17.5 Å². The zero-order valence-corrected chi connectivity index (χ0v) is 24.7. The van der Waals surface area contributed by atoms with Gasteiger partial charge in [-0.25, -0.2) is 19.3 Å². The summed E-state index contributed by atoms with van der Waals surface area (Å²) in [4.78, 5) is 15.3. The van der Waals surface area contributed by atoms with Gasteiger partial charge in [-0.05, 0) is 59.3 Å². The summed E-state index contributed by atoms with van der Waals surface area (Å²) < 4.78 is 27.1. The lowest BCUT2D eigenvalue weighted by Gasteiger charge is -2.12. The maximum absolute atomic E-state index is 14.1. The monoisotopic (exact) mass is 607 g/mol. The fraction of sp³-hybridized carbons (Fsp3) is 0. The Morgan fingerprint density at radius 1 is 0.426 bits per heavy atom. The molecule has 0 aliphatic rings. The van der Waals surface area contributed by atoms with Crippen LogP contribution >= 0.6 is 0 Å². The average molecular weight is 608 g/mol. The van der Waals surface area contributed by atoms with Crippen LogP contribution in [0.2, 0.25) is 0 Å². The number of hydrogen-bond acceptors (Lipinski definition) is 5. The highest BCUT2D eigenvalue weighted by molar-refractivity contribution is 6.22. The fourth-order valence-electron chi connectivity index (χ4n) is 6.82. The largest absolute Gasteiger partial charge is 0.455 e. The third-order valence-electron chi connectivity index (χ3n) is 8.96. The van der Waals surface area contributed by atoms with Crippen LogP contribution in [0, 0.1) is 5.82 Å². The van der Waals surface area contributed by atoms with E-state index in [1.54, 1.807) is 12.1 Å². The van der Waals surface area contributed by atoms with Gasteiger partial charge in [0, 0.05) is 49.0 Å². The minimum Gasteiger partial charge on any atom is -0.455 e. The molecule has 0 radical (unpaired) electrons. The van der Waals surface area contributed by atoms with E-state index in [2.05, 4.69) is 48.5 Å². The first kappa shape index (κ1) is 25.9. The second-order valence-corrected chi connectivity index (χ2v) is 11.7. The number of halogens is 1. The van der Waals surface area contributed by atoms with Crippen molar-refractivity contribution in [1.29, 1.82) is 0 Å². The number of rotatable bonds is 3. The molecule has 0 saturated heterocycles. The van der Waals surface area contributed by atoms with Crippen LogP contribution in [0.15, 0.2) is 142 Å². The summed E-state index contributed by atoms with van der Waals surface area (Å²) >= 11 is 0. The molecule has 0 unspecified atom stereocenters. The zero-order chi connectivity index (χ0) is 31.1. The number of para-hydroxylation sites is 2. The number of furan rings is 2. The fourth-order valence-corrected chi connectivity index (χ4v) is 6.82. The van der Waals surface area contributed by atoms with Crippen LogP contribution in [0.3, 0.4) is 0 Å². The molecule has 0 fully saturated rings. The summed E-state index contributed by atoms with van der Waals surface area (Å²) in [5, 5.41) is 7.84. The smallest absolute Gasteiger partial charge is 0.164 e. The minimum atomic E-state index is -0.328. The lowest BCUT2D eigenvalue weighted by atomic mass is 9.98. The van der Waals surface area contributed by atoms with Crippen LogP contribution in [-0.4, -0.2) is 15.0 Å². The standard InChI is InChI=1S/C41H22FN3O2/c42-26-19-17-23(18-20-26)39-43-40(31-21-24-9-1-3-11-27(24)37-35(31)29-13-5-7-15-33(29)46-37)45-41(44-39)32-22-25-10-2-4-12-28(25)38-36(32)30-14-6-8-16-34(30)47-38/h1-22H. The molecule has 0 atom stereocenters. The van der Waals surface area contributed by atoms with Crippen LogP contribution in [-0.2, 0) is 0 Å². The zero-order valence-electron chi connectivity index (χ0n) is 24.7. The van der Waals surface area contributed by atoms with Crippen molar-refractivity contribution in [2.75, 3.05) is 0 Å². The number of aromatic nitrogens is 3. The van der Waals surface area contributed by atoms with Crippen molar-refractivity contribution in [1.82, 2.24) is 15.0 Å². The summed E-state index contributed by atoms with van der Waals surface area (Å²) in [7, 11) is 0. The highest BCUT2D eigenvalue weighted by Crippen LogP contribution is 2.43. The van der Waals surface area contributed by atoms with Crippen molar-refractivity contribution in [3.63, 3.8) is 0 Å². The van der Waals surface area contributed by atoms with Crippen molar-refractivity contribution < 1.29 is 13.2 Å². The van der Waals surface area contributed by atoms with Crippen molar-refractivity contribution in [2.24, 2.45) is 0 Å². The quantitative estimate of drug-likeness (QED) is 0.200. The molecular weight excluding hydrogens is 585 g/mol. The van der Waals surface area contributed by atoms with E-state index in [1.807, 2.05) is 60.7 Å². The van der Waals surface area contributed by atoms with Gasteiger partial charge in [0.1, 0.15) is 28.1 Å². The van der Waals surface area contributed by atoms with Crippen LogP contribution in [0.25, 0.3) is 99.6 Å². The van der Waals surface area contributed by atoms with Gasteiger partial charge in [0.25, 0.3) is 0 Å². The number of benzene rings is 7. The number of fused-ring (bicyclic) bond motifs is 10. The van der Waals surface area contributed by atoms with Crippen LogP contribution in [0.5, 0.6) is 0 Å². The summed E-state index contributed by atoms with van der Waals surface area (Å²) in [6, 6.07) is 42.9. The van der Waals surface area contributed by atoms with Gasteiger partial charge in [0.05, 0.1) is 0 Å². The van der Waals surface area contributed by atoms with Crippen molar-refractivity contribution in [3.05, 3.63) is 139 Å². The molecule has 0 amide bonds. The van der Waals surface area contributed by atoms with E-state index in [9.17, 15) is 4.39 Å². The third kappa shape index (κ3) is 3.91. The molecular formula is C41H22FN3O2. The Labute approximate surface area is 266 Å². The first-order valence-corrected chi connectivity index (χ1v) is 15.4. The van der Waals surface area contributed by atoms with Crippen molar-refractivity contribution in [2.45, 2.75) is 0 Å². The maximum atomic E-state index is 14.1. The lowest BCUT2D eigenvalue weighted by molar-refractivity contribution is 0.628. The van der Waals surface area contributed by atoms with Crippen LogP contribution < -0.4 is 0 Å². The molecule has 220 valence electrons. The molecule has 10 rings (SSSR count). The summed E-state index contributed by atoms with van der Waals surface area (Å²) in [6.07, 6.45) is 0. The van der Waals surface area contributed by atoms with Crippen LogP contribution in [0.1, 0.15) is 0 Å². The van der Waals surface area contributed by atoms with E-state index in [1.165, 1.54) is 12.1 Å². The third-order valence-corrected chi connectivity index (χ3v) is 8.96. The molecule has 5 nitrogen and oxygen atoms in total. The molecule has 0 saturated carbocycles. The van der Waals surface area contributed by atoms with E-state index in [4.69, 9.17) is 23.8 Å². The topological polar surface area (TPSA) is 65.0 Å². The van der Waals surface area contributed by atoms with Crippen LogP contribution in [0.4, 0.5) is 4.39 Å². The first-order valence-electron chi connectivity index (χ1n) is 15.4. The summed E-state index contributed by atoms with van der Waals surface area (Å²) in [5.41, 5.74) is 5.45. The predicted molar refractivity (Wildman–Crippen MR) is 186 cm³/mol. The lowest BCUT2D eigenvalue weighted by Crippen LogP contribution is -2.01. The van der Waals surface area contributed by atoms with E-state index < -0.39 is 0 Å². The van der Waals surface area contributed by atoms with Crippen molar-refractivity contribution in [3.8, 4) is 34.2 Å². The van der Waals surface area contributed by atoms with E-state index in [-0.39, 0.29) is 5.82 Å². The molecule has 6 heteroatoms. The normalized spacial score (nSPS) is 11.9. The Morgan fingerprint density at radius 3 is 1.36 bits per heavy atom. The Balaban J connectivity index is 1.35. The van der Waals surface area contributed by atoms with E-state index in [0.717, 1.165) is 76.5 Å². The van der Waals surface area contributed by atoms with Gasteiger partial charge in [-0.15, -0.1) is 0 Å². The number of nitrogens with zero attached hydrogens (tertiary/aromatic N) is 3. The summed E-state index contributed by atoms with van der Waals surface area (Å²) in [5.74, 6) is 1.09. The second-order valence-electron chi connectivity index (χ2n) is 11.7. The van der Waals surface area contributed by atoms with Gasteiger partial charge < -0.3 is 8.83 Å². The van der Waals surface area contributed by atoms with Gasteiger partial charge in [0.2, 0.25) is 0 Å². The maximum Gasteiger partial charge on any atom is 0.164 e.